The van der Waals surface area contributed by atoms with Gasteiger partial charge in [0.25, 0.3) is 0 Å². The zero-order valence-corrected chi connectivity index (χ0v) is 15.0. The average molecular weight is 390 g/mol. The monoisotopic (exact) mass is 389 g/mol. The summed E-state index contributed by atoms with van der Waals surface area (Å²) >= 11 is 3.49. The molecular weight excluding hydrogens is 374 g/mol. The van der Waals surface area contributed by atoms with Crippen LogP contribution in [-0.2, 0) is 5.41 Å². The number of hydrogen-bond acceptors (Lipinski definition) is 3. The molecule has 4 heteroatoms. The fourth-order valence-corrected chi connectivity index (χ4v) is 3.37. The Labute approximate surface area is 155 Å². The van der Waals surface area contributed by atoms with Crippen molar-refractivity contribution in [3.8, 4) is 0 Å². The quantitative estimate of drug-likeness (QED) is 0.602. The molecule has 1 aliphatic heterocycles. The van der Waals surface area contributed by atoms with Crippen LogP contribution in [0.1, 0.15) is 11.1 Å². The van der Waals surface area contributed by atoms with Crippen LogP contribution < -0.4 is 5.12 Å². The van der Waals surface area contributed by atoms with Gasteiger partial charge in [0.05, 0.1) is 11.1 Å². The summed E-state index contributed by atoms with van der Waals surface area (Å²) in [7, 11) is 0. The van der Waals surface area contributed by atoms with Crippen molar-refractivity contribution in [3.63, 3.8) is 0 Å². The lowest BCUT2D eigenvalue weighted by atomic mass is 9.76. The molecule has 122 valence electrons. The third kappa shape index (κ3) is 3.01. The Kier molecular flexibility index (Phi) is 4.20. The van der Waals surface area contributed by atoms with Gasteiger partial charge in [0.2, 0.25) is 0 Å². The zero-order valence-electron chi connectivity index (χ0n) is 13.5. The van der Waals surface area contributed by atoms with Crippen LogP contribution in [-0.4, -0.2) is 12.4 Å². The number of anilines is 1. The summed E-state index contributed by atoms with van der Waals surface area (Å²) in [5, 5.41) is 10.9. The number of hydrazone groups is 2. The molecule has 0 radical (unpaired) electrons. The molecule has 3 aromatic carbocycles. The third-order valence-electron chi connectivity index (χ3n) is 4.28. The van der Waals surface area contributed by atoms with Gasteiger partial charge in [-0.3, -0.25) is 0 Å². The molecule has 25 heavy (non-hydrogen) atoms. The zero-order chi connectivity index (χ0) is 17.1. The van der Waals surface area contributed by atoms with E-state index in [1.165, 1.54) is 0 Å². The summed E-state index contributed by atoms with van der Waals surface area (Å²) in [6.07, 6.45) is 3.93. The summed E-state index contributed by atoms with van der Waals surface area (Å²) in [6.45, 7) is 0. The van der Waals surface area contributed by atoms with E-state index in [-0.39, 0.29) is 0 Å². The van der Waals surface area contributed by atoms with Crippen molar-refractivity contribution >= 4 is 34.0 Å². The van der Waals surface area contributed by atoms with Crippen molar-refractivity contribution in [1.82, 2.24) is 0 Å². The lowest BCUT2D eigenvalue weighted by molar-refractivity contribution is 0.844. The first-order valence-corrected chi connectivity index (χ1v) is 8.84. The van der Waals surface area contributed by atoms with E-state index in [2.05, 4.69) is 50.4 Å². The van der Waals surface area contributed by atoms with Crippen LogP contribution >= 0.6 is 15.9 Å². The Morgan fingerprint density at radius 3 is 1.76 bits per heavy atom. The fourth-order valence-electron chi connectivity index (χ4n) is 2.98. The predicted molar refractivity (Wildman–Crippen MR) is 107 cm³/mol. The van der Waals surface area contributed by atoms with Gasteiger partial charge in [-0.05, 0) is 29.3 Å². The SMILES string of the molecule is Brc1cccc(N2N=CC(c3ccccc3)(c3ccccc3)C=N2)c1. The van der Waals surface area contributed by atoms with Crippen molar-refractivity contribution in [2.75, 3.05) is 5.12 Å². The van der Waals surface area contributed by atoms with E-state index in [0.717, 1.165) is 21.3 Å². The van der Waals surface area contributed by atoms with Gasteiger partial charge in [0.1, 0.15) is 0 Å². The normalized spacial score (nSPS) is 15.3. The predicted octanol–water partition coefficient (Wildman–Crippen LogP) is 5.23. The van der Waals surface area contributed by atoms with Gasteiger partial charge in [0, 0.05) is 16.9 Å². The smallest absolute Gasteiger partial charge is 0.0943 e. The molecule has 0 aromatic heterocycles. The molecule has 1 aliphatic rings. The van der Waals surface area contributed by atoms with Crippen LogP contribution in [0.4, 0.5) is 5.69 Å². The minimum absolute atomic E-state index is 0.467. The number of hydrogen-bond donors (Lipinski definition) is 0. The van der Waals surface area contributed by atoms with Gasteiger partial charge in [-0.25, -0.2) is 0 Å². The van der Waals surface area contributed by atoms with Crippen LogP contribution in [0.5, 0.6) is 0 Å². The van der Waals surface area contributed by atoms with Gasteiger partial charge in [-0.1, -0.05) is 82.7 Å². The van der Waals surface area contributed by atoms with Gasteiger partial charge in [-0.15, -0.1) is 0 Å². The lowest BCUT2D eigenvalue weighted by Gasteiger charge is -2.31. The Hall–Kier alpha value is -2.72. The maximum absolute atomic E-state index is 4.64. The van der Waals surface area contributed by atoms with E-state index in [1.807, 2.05) is 73.1 Å². The Balaban J connectivity index is 1.78. The minimum Gasteiger partial charge on any atom is -0.161 e. The molecular formula is C21H16BrN3. The Bertz CT molecular complexity index is 865. The highest BCUT2D eigenvalue weighted by Gasteiger charge is 2.33. The number of rotatable bonds is 3. The molecule has 0 amide bonds. The molecule has 3 aromatic rings. The van der Waals surface area contributed by atoms with Crippen LogP contribution in [0.3, 0.4) is 0 Å². The summed E-state index contributed by atoms with van der Waals surface area (Å²) in [4.78, 5) is 0. The summed E-state index contributed by atoms with van der Waals surface area (Å²) in [5.74, 6) is 0. The van der Waals surface area contributed by atoms with E-state index >= 15 is 0 Å². The first-order chi connectivity index (χ1) is 12.3. The topological polar surface area (TPSA) is 28.0 Å². The molecule has 0 saturated heterocycles. The standard InChI is InChI=1S/C21H16BrN3/c22-19-12-7-13-20(14-19)25-23-15-21(16-24-25,17-8-3-1-4-9-17)18-10-5-2-6-11-18/h1-16H. The highest BCUT2D eigenvalue weighted by atomic mass is 79.9. The molecule has 0 spiro atoms. The molecule has 0 fully saturated rings. The van der Waals surface area contributed by atoms with Crippen molar-refractivity contribution < 1.29 is 0 Å². The van der Waals surface area contributed by atoms with Gasteiger partial charge in [0.15, 0.2) is 0 Å². The fraction of sp³-hybridized carbons (Fsp3) is 0.0476. The maximum atomic E-state index is 4.64. The first kappa shape index (κ1) is 15.8. The van der Waals surface area contributed by atoms with E-state index in [0.29, 0.717) is 0 Å². The second kappa shape index (κ2) is 6.65. The van der Waals surface area contributed by atoms with Crippen molar-refractivity contribution in [2.24, 2.45) is 10.2 Å². The largest absolute Gasteiger partial charge is 0.161 e. The Morgan fingerprint density at radius 1 is 0.680 bits per heavy atom. The number of halogens is 1. The summed E-state index contributed by atoms with van der Waals surface area (Å²) in [6, 6.07) is 28.6. The highest BCUT2D eigenvalue weighted by molar-refractivity contribution is 9.10. The molecule has 1 heterocycles. The van der Waals surface area contributed by atoms with Crippen LogP contribution in [0.25, 0.3) is 0 Å². The lowest BCUT2D eigenvalue weighted by Crippen LogP contribution is -2.36. The van der Waals surface area contributed by atoms with Gasteiger partial charge in [-0.2, -0.15) is 15.3 Å². The Morgan fingerprint density at radius 2 is 1.24 bits per heavy atom. The van der Waals surface area contributed by atoms with Gasteiger partial charge >= 0.3 is 0 Å². The van der Waals surface area contributed by atoms with Crippen molar-refractivity contribution in [3.05, 3.63) is 101 Å². The summed E-state index contributed by atoms with van der Waals surface area (Å²) < 4.78 is 0.998. The number of nitrogens with zero attached hydrogens (tertiary/aromatic N) is 3. The molecule has 0 atom stereocenters. The van der Waals surface area contributed by atoms with E-state index in [4.69, 9.17) is 0 Å². The minimum atomic E-state index is -0.467. The summed E-state index contributed by atoms with van der Waals surface area (Å²) in [5.41, 5.74) is 2.73. The third-order valence-corrected chi connectivity index (χ3v) is 4.78. The first-order valence-electron chi connectivity index (χ1n) is 8.05. The second-order valence-corrected chi connectivity index (χ2v) is 6.78. The molecule has 0 bridgehead atoms. The van der Waals surface area contributed by atoms with Crippen molar-refractivity contribution in [1.29, 1.82) is 0 Å². The van der Waals surface area contributed by atoms with Gasteiger partial charge < -0.3 is 0 Å². The van der Waals surface area contributed by atoms with Crippen molar-refractivity contribution in [2.45, 2.75) is 5.41 Å². The molecule has 0 aliphatic carbocycles. The maximum Gasteiger partial charge on any atom is 0.0943 e. The van der Waals surface area contributed by atoms with E-state index < -0.39 is 5.41 Å². The van der Waals surface area contributed by atoms with E-state index in [9.17, 15) is 0 Å². The van der Waals surface area contributed by atoms with E-state index in [1.54, 1.807) is 5.12 Å². The molecule has 3 nitrogen and oxygen atoms in total. The second-order valence-electron chi connectivity index (χ2n) is 5.86. The molecule has 4 rings (SSSR count). The highest BCUT2D eigenvalue weighted by Crippen LogP contribution is 2.32. The molecule has 0 unspecified atom stereocenters. The van der Waals surface area contributed by atoms with Crippen LogP contribution in [0.2, 0.25) is 0 Å². The average Bonchev–Trinajstić information content (AvgIpc) is 2.69. The molecule has 0 saturated carbocycles. The number of benzene rings is 3. The molecule has 0 N–H and O–H groups in total. The van der Waals surface area contributed by atoms with Crippen LogP contribution in [0.15, 0.2) is 99.6 Å². The van der Waals surface area contributed by atoms with Crippen LogP contribution in [0, 0.1) is 0 Å².